The topological polar surface area (TPSA) is 12.0 Å². The van der Waals surface area contributed by atoms with Crippen LogP contribution in [0.1, 0.15) is 17.5 Å². The second kappa shape index (κ2) is 7.05. The van der Waals surface area contributed by atoms with Crippen LogP contribution in [0.5, 0.6) is 0 Å². The molecule has 0 aromatic heterocycles. The van der Waals surface area contributed by atoms with Gasteiger partial charge in [-0.25, -0.2) is 4.39 Å². The van der Waals surface area contributed by atoms with Gasteiger partial charge in [0.1, 0.15) is 5.82 Å². The van der Waals surface area contributed by atoms with Gasteiger partial charge in [0.15, 0.2) is 0 Å². The molecular weight excluding hydrogens is 237 g/mol. The van der Waals surface area contributed by atoms with Gasteiger partial charge >= 0.3 is 0 Å². The highest BCUT2D eigenvalue weighted by atomic mass is 19.1. The lowest BCUT2D eigenvalue weighted by atomic mass is 9.99. The summed E-state index contributed by atoms with van der Waals surface area (Å²) in [7, 11) is 1.99. The van der Waals surface area contributed by atoms with E-state index in [0.717, 1.165) is 19.3 Å². The number of likely N-dealkylation sites (N-methyl/N-ethyl adjacent to an activating group) is 1. The van der Waals surface area contributed by atoms with Gasteiger partial charge in [-0.1, -0.05) is 42.5 Å². The van der Waals surface area contributed by atoms with E-state index in [1.165, 1.54) is 23.3 Å². The molecule has 0 aliphatic carbocycles. The van der Waals surface area contributed by atoms with E-state index in [1.54, 1.807) is 0 Å². The summed E-state index contributed by atoms with van der Waals surface area (Å²) in [6.07, 6.45) is 3.08. The van der Waals surface area contributed by atoms with E-state index < -0.39 is 0 Å². The molecule has 0 aliphatic heterocycles. The fraction of sp³-hybridized carbons (Fsp3) is 0.294. The second-order valence-corrected chi connectivity index (χ2v) is 4.84. The summed E-state index contributed by atoms with van der Waals surface area (Å²) in [6, 6.07) is 17.7. The molecule has 2 rings (SSSR count). The maximum atomic E-state index is 12.9. The van der Waals surface area contributed by atoms with Crippen LogP contribution in [0.4, 0.5) is 4.39 Å². The minimum atomic E-state index is -0.172. The van der Waals surface area contributed by atoms with Crippen molar-refractivity contribution in [2.45, 2.75) is 25.3 Å². The molecule has 2 aromatic carbocycles. The highest BCUT2D eigenvalue weighted by molar-refractivity contribution is 5.18. The molecule has 0 bridgehead atoms. The Bertz CT molecular complexity index is 478. The molecule has 2 heteroatoms. The lowest BCUT2D eigenvalue weighted by molar-refractivity contribution is 0.519. The smallest absolute Gasteiger partial charge is 0.123 e. The van der Waals surface area contributed by atoms with Crippen molar-refractivity contribution in [2.24, 2.45) is 0 Å². The Hall–Kier alpha value is -1.67. The highest BCUT2D eigenvalue weighted by Crippen LogP contribution is 2.10. The van der Waals surface area contributed by atoms with E-state index in [2.05, 4.69) is 29.6 Å². The Kier molecular flexibility index (Phi) is 5.10. The number of aryl methyl sites for hydroxylation is 1. The van der Waals surface area contributed by atoms with Gasteiger partial charge in [0, 0.05) is 6.04 Å². The molecule has 0 spiro atoms. The van der Waals surface area contributed by atoms with Crippen molar-refractivity contribution in [1.82, 2.24) is 5.32 Å². The Morgan fingerprint density at radius 3 is 2.26 bits per heavy atom. The monoisotopic (exact) mass is 257 g/mol. The minimum Gasteiger partial charge on any atom is -0.317 e. The number of nitrogens with one attached hydrogen (secondary N) is 1. The van der Waals surface area contributed by atoms with Gasteiger partial charge in [0.2, 0.25) is 0 Å². The van der Waals surface area contributed by atoms with E-state index in [1.807, 2.05) is 25.2 Å². The normalized spacial score (nSPS) is 12.3. The van der Waals surface area contributed by atoms with Crippen LogP contribution in [0.3, 0.4) is 0 Å². The Balaban J connectivity index is 1.88. The molecule has 0 heterocycles. The molecule has 100 valence electrons. The summed E-state index contributed by atoms with van der Waals surface area (Å²) in [5, 5.41) is 3.34. The predicted molar refractivity (Wildman–Crippen MR) is 77.7 cm³/mol. The van der Waals surface area contributed by atoms with Gasteiger partial charge in [0.05, 0.1) is 0 Å². The Labute approximate surface area is 114 Å². The third-order valence-electron chi connectivity index (χ3n) is 3.43. The highest BCUT2D eigenvalue weighted by Gasteiger charge is 2.07. The summed E-state index contributed by atoms with van der Waals surface area (Å²) in [5.74, 6) is -0.172. The number of hydrogen-bond donors (Lipinski definition) is 1. The molecule has 0 saturated heterocycles. The van der Waals surface area contributed by atoms with Crippen molar-refractivity contribution in [2.75, 3.05) is 7.05 Å². The van der Waals surface area contributed by atoms with Gasteiger partial charge in [0.25, 0.3) is 0 Å². The second-order valence-electron chi connectivity index (χ2n) is 4.84. The van der Waals surface area contributed by atoms with Gasteiger partial charge in [-0.2, -0.15) is 0 Å². The van der Waals surface area contributed by atoms with Crippen LogP contribution in [-0.2, 0) is 12.8 Å². The van der Waals surface area contributed by atoms with E-state index in [4.69, 9.17) is 0 Å². The van der Waals surface area contributed by atoms with Crippen molar-refractivity contribution in [3.8, 4) is 0 Å². The lowest BCUT2D eigenvalue weighted by Gasteiger charge is -2.16. The van der Waals surface area contributed by atoms with Crippen molar-refractivity contribution in [1.29, 1.82) is 0 Å². The van der Waals surface area contributed by atoms with E-state index in [0.29, 0.717) is 6.04 Å². The van der Waals surface area contributed by atoms with Crippen LogP contribution in [0.15, 0.2) is 54.6 Å². The molecule has 1 unspecified atom stereocenters. The van der Waals surface area contributed by atoms with Gasteiger partial charge in [-0.3, -0.25) is 0 Å². The molecular formula is C17H20FN. The fourth-order valence-corrected chi connectivity index (χ4v) is 2.24. The van der Waals surface area contributed by atoms with Crippen molar-refractivity contribution in [3.05, 3.63) is 71.5 Å². The molecule has 1 atom stereocenters. The van der Waals surface area contributed by atoms with Gasteiger partial charge in [-0.05, 0) is 49.6 Å². The number of hydrogen-bond acceptors (Lipinski definition) is 1. The zero-order chi connectivity index (χ0) is 13.5. The first-order valence-corrected chi connectivity index (χ1v) is 6.73. The quantitative estimate of drug-likeness (QED) is 0.834. The van der Waals surface area contributed by atoms with E-state index >= 15 is 0 Å². The first-order chi connectivity index (χ1) is 9.28. The molecule has 0 radical (unpaired) electrons. The third kappa shape index (κ3) is 4.49. The van der Waals surface area contributed by atoms with Crippen molar-refractivity contribution in [3.63, 3.8) is 0 Å². The van der Waals surface area contributed by atoms with Crippen LogP contribution in [0.2, 0.25) is 0 Å². The summed E-state index contributed by atoms with van der Waals surface area (Å²) in [5.41, 5.74) is 2.54. The molecule has 19 heavy (non-hydrogen) atoms. The molecule has 0 amide bonds. The Morgan fingerprint density at radius 2 is 1.63 bits per heavy atom. The maximum Gasteiger partial charge on any atom is 0.123 e. The number of rotatable bonds is 6. The predicted octanol–water partition coefficient (Wildman–Crippen LogP) is 3.59. The van der Waals surface area contributed by atoms with E-state index in [9.17, 15) is 4.39 Å². The lowest BCUT2D eigenvalue weighted by Crippen LogP contribution is -2.28. The molecule has 0 aliphatic rings. The number of benzene rings is 2. The average Bonchev–Trinajstić information content (AvgIpc) is 2.46. The molecule has 1 nitrogen and oxygen atoms in total. The van der Waals surface area contributed by atoms with Gasteiger partial charge < -0.3 is 5.32 Å². The SMILES string of the molecule is CNC(CCc1ccccc1)Cc1ccc(F)cc1. The summed E-state index contributed by atoms with van der Waals surface area (Å²) < 4.78 is 12.9. The van der Waals surface area contributed by atoms with Crippen LogP contribution >= 0.6 is 0 Å². The summed E-state index contributed by atoms with van der Waals surface area (Å²) in [6.45, 7) is 0. The van der Waals surface area contributed by atoms with Crippen molar-refractivity contribution < 1.29 is 4.39 Å². The minimum absolute atomic E-state index is 0.172. The Morgan fingerprint density at radius 1 is 0.947 bits per heavy atom. The van der Waals surface area contributed by atoms with Gasteiger partial charge in [-0.15, -0.1) is 0 Å². The first-order valence-electron chi connectivity index (χ1n) is 6.73. The number of halogens is 1. The van der Waals surface area contributed by atoms with Crippen molar-refractivity contribution >= 4 is 0 Å². The largest absolute Gasteiger partial charge is 0.317 e. The van der Waals surface area contributed by atoms with E-state index in [-0.39, 0.29) is 5.82 Å². The zero-order valence-corrected chi connectivity index (χ0v) is 11.3. The maximum absolute atomic E-state index is 12.9. The third-order valence-corrected chi connectivity index (χ3v) is 3.43. The van der Waals surface area contributed by atoms with Crippen LogP contribution in [0, 0.1) is 5.82 Å². The first kappa shape index (κ1) is 13.8. The summed E-state index contributed by atoms with van der Waals surface area (Å²) in [4.78, 5) is 0. The van der Waals surface area contributed by atoms with Crippen LogP contribution < -0.4 is 5.32 Å². The van der Waals surface area contributed by atoms with Crippen LogP contribution in [0.25, 0.3) is 0 Å². The summed E-state index contributed by atoms with van der Waals surface area (Å²) >= 11 is 0. The average molecular weight is 257 g/mol. The molecule has 1 N–H and O–H groups in total. The molecule has 0 fully saturated rings. The fourth-order valence-electron chi connectivity index (χ4n) is 2.24. The van der Waals surface area contributed by atoms with Crippen LogP contribution in [-0.4, -0.2) is 13.1 Å². The standard InChI is InChI=1S/C17H20FN/c1-19-17(12-9-14-5-3-2-4-6-14)13-15-7-10-16(18)11-8-15/h2-8,10-11,17,19H,9,12-13H2,1H3. The molecule has 0 saturated carbocycles. The zero-order valence-electron chi connectivity index (χ0n) is 11.3. The molecule has 2 aromatic rings.